The van der Waals surface area contributed by atoms with Gasteiger partial charge in [0.05, 0.1) is 19.8 Å². The summed E-state index contributed by atoms with van der Waals surface area (Å²) in [5, 5.41) is 16.4. The second-order valence-electron chi connectivity index (χ2n) is 9.37. The van der Waals surface area contributed by atoms with E-state index in [1.807, 2.05) is 23.2 Å². The first kappa shape index (κ1) is 27.0. The Hall–Kier alpha value is -4.08. The topological polar surface area (TPSA) is 127 Å². The minimum atomic E-state index is -0.871. The van der Waals surface area contributed by atoms with Crippen LogP contribution in [0.3, 0.4) is 0 Å². The highest BCUT2D eigenvalue weighted by Gasteiger charge is 2.34. The molecule has 1 fully saturated rings. The van der Waals surface area contributed by atoms with Crippen molar-refractivity contribution in [1.82, 2.24) is 15.0 Å². The number of carboxylic acid groups (broad SMARTS) is 1. The summed E-state index contributed by atoms with van der Waals surface area (Å²) in [4.78, 5) is 31.2. The van der Waals surface area contributed by atoms with E-state index in [9.17, 15) is 9.59 Å². The SMILES string of the molecule is COc1cc(NC(C(=O)N2CCCCCC2c2cccnc2)c2cc(C)on2)cc(OCCCC(=O)O)c1. The van der Waals surface area contributed by atoms with Crippen molar-refractivity contribution in [2.24, 2.45) is 0 Å². The molecule has 1 amide bonds. The number of aromatic nitrogens is 2. The number of amides is 1. The molecule has 2 unspecified atom stereocenters. The van der Waals surface area contributed by atoms with Crippen LogP contribution in [0.1, 0.15) is 67.6 Å². The van der Waals surface area contributed by atoms with Crippen molar-refractivity contribution in [3.63, 3.8) is 0 Å². The molecule has 2 atom stereocenters. The van der Waals surface area contributed by atoms with Crippen molar-refractivity contribution in [2.45, 2.75) is 57.5 Å². The molecule has 3 aromatic rings. The molecule has 0 saturated carbocycles. The maximum absolute atomic E-state index is 14.2. The van der Waals surface area contributed by atoms with Crippen LogP contribution in [0.2, 0.25) is 0 Å². The number of pyridine rings is 1. The lowest BCUT2D eigenvalue weighted by molar-refractivity contribution is -0.137. The monoisotopic (exact) mass is 522 g/mol. The summed E-state index contributed by atoms with van der Waals surface area (Å²) >= 11 is 0. The number of methoxy groups -OCH3 is 1. The minimum Gasteiger partial charge on any atom is -0.497 e. The molecule has 0 bridgehead atoms. The number of likely N-dealkylation sites (tertiary alicyclic amines) is 1. The number of hydrogen-bond acceptors (Lipinski definition) is 8. The van der Waals surface area contributed by atoms with Gasteiger partial charge in [-0.2, -0.15) is 0 Å². The molecule has 1 saturated heterocycles. The third-order valence-electron chi connectivity index (χ3n) is 6.52. The predicted molar refractivity (Wildman–Crippen MR) is 140 cm³/mol. The van der Waals surface area contributed by atoms with Crippen molar-refractivity contribution < 1.29 is 28.7 Å². The summed E-state index contributed by atoms with van der Waals surface area (Å²) in [5.74, 6) is 0.661. The lowest BCUT2D eigenvalue weighted by Gasteiger charge is -2.33. The summed E-state index contributed by atoms with van der Waals surface area (Å²) < 4.78 is 16.6. The second kappa shape index (κ2) is 12.9. The van der Waals surface area contributed by atoms with Crippen LogP contribution in [-0.2, 0) is 9.59 Å². The largest absolute Gasteiger partial charge is 0.497 e. The van der Waals surface area contributed by atoms with Crippen molar-refractivity contribution in [3.8, 4) is 11.5 Å². The summed E-state index contributed by atoms with van der Waals surface area (Å²) in [7, 11) is 1.55. The van der Waals surface area contributed by atoms with Crippen LogP contribution < -0.4 is 14.8 Å². The molecule has 0 spiro atoms. The quantitative estimate of drug-likeness (QED) is 0.337. The van der Waals surface area contributed by atoms with E-state index in [1.165, 1.54) is 0 Å². The van der Waals surface area contributed by atoms with E-state index in [0.29, 0.717) is 41.6 Å². The first-order chi connectivity index (χ1) is 18.4. The molecule has 38 heavy (non-hydrogen) atoms. The molecule has 3 heterocycles. The van der Waals surface area contributed by atoms with E-state index in [1.54, 1.807) is 44.5 Å². The number of carbonyl (C=O) groups excluding carboxylic acids is 1. The highest BCUT2D eigenvalue weighted by molar-refractivity contribution is 5.86. The van der Waals surface area contributed by atoms with Crippen LogP contribution in [0.4, 0.5) is 5.69 Å². The summed E-state index contributed by atoms with van der Waals surface area (Å²) in [6.45, 7) is 2.66. The number of aryl methyl sites for hydroxylation is 1. The van der Waals surface area contributed by atoms with E-state index in [-0.39, 0.29) is 25.0 Å². The number of hydrogen-bond donors (Lipinski definition) is 2. The Morgan fingerprint density at radius 2 is 2.05 bits per heavy atom. The van der Waals surface area contributed by atoms with E-state index < -0.39 is 12.0 Å². The summed E-state index contributed by atoms with van der Waals surface area (Å²) in [5.41, 5.74) is 2.09. The first-order valence-corrected chi connectivity index (χ1v) is 12.9. The van der Waals surface area contributed by atoms with Crippen LogP contribution in [0.25, 0.3) is 0 Å². The van der Waals surface area contributed by atoms with Gasteiger partial charge in [-0.15, -0.1) is 0 Å². The number of aliphatic carboxylic acids is 1. The third-order valence-corrected chi connectivity index (χ3v) is 6.52. The van der Waals surface area contributed by atoms with Gasteiger partial charge in [-0.1, -0.05) is 24.1 Å². The average Bonchev–Trinajstić information content (AvgIpc) is 3.20. The average molecular weight is 523 g/mol. The zero-order valence-electron chi connectivity index (χ0n) is 21.8. The highest BCUT2D eigenvalue weighted by atomic mass is 16.5. The maximum atomic E-state index is 14.2. The van der Waals surface area contributed by atoms with Crippen LogP contribution in [0, 0.1) is 6.92 Å². The highest BCUT2D eigenvalue weighted by Crippen LogP contribution is 2.34. The summed E-state index contributed by atoms with van der Waals surface area (Å²) in [6, 6.07) is 10.0. The van der Waals surface area contributed by atoms with Gasteiger partial charge in [0.1, 0.15) is 23.0 Å². The van der Waals surface area contributed by atoms with Gasteiger partial charge in [-0.25, -0.2) is 0 Å². The first-order valence-electron chi connectivity index (χ1n) is 12.9. The zero-order chi connectivity index (χ0) is 26.9. The lowest BCUT2D eigenvalue weighted by atomic mass is 10.0. The second-order valence-corrected chi connectivity index (χ2v) is 9.37. The van der Waals surface area contributed by atoms with Crippen molar-refractivity contribution in [3.05, 3.63) is 65.8 Å². The summed E-state index contributed by atoms with van der Waals surface area (Å²) in [6.07, 6.45) is 7.82. The Morgan fingerprint density at radius 3 is 2.76 bits per heavy atom. The number of carboxylic acids is 1. The van der Waals surface area contributed by atoms with Crippen molar-refractivity contribution in [1.29, 1.82) is 0 Å². The lowest BCUT2D eigenvalue weighted by Crippen LogP contribution is -2.40. The standard InChI is InChI=1S/C28H34N4O6/c1-19-14-24(31-38-19)27(28(35)32-12-5-3-4-9-25(32)20-8-6-11-29-18-20)30-21-15-22(36-2)17-23(16-21)37-13-7-10-26(33)34/h6,8,11,14-18,25,27,30H,3-5,7,9-10,12-13H2,1-2H3,(H,33,34). The molecular weight excluding hydrogens is 488 g/mol. The normalized spacial score (nSPS) is 16.4. The van der Waals surface area contributed by atoms with E-state index >= 15 is 0 Å². The Labute approximate surface area is 221 Å². The molecular formula is C28H34N4O6. The van der Waals surface area contributed by atoms with E-state index in [4.69, 9.17) is 19.1 Å². The number of anilines is 1. The molecule has 202 valence electrons. The van der Waals surface area contributed by atoms with Gasteiger partial charge in [0.25, 0.3) is 5.91 Å². The minimum absolute atomic E-state index is 0.0189. The number of benzene rings is 1. The molecule has 10 nitrogen and oxygen atoms in total. The molecule has 2 aromatic heterocycles. The molecule has 1 aliphatic rings. The fourth-order valence-corrected chi connectivity index (χ4v) is 4.68. The van der Waals surface area contributed by atoms with E-state index in [2.05, 4.69) is 15.5 Å². The van der Waals surface area contributed by atoms with Gasteiger partial charge >= 0.3 is 5.97 Å². The molecule has 2 N–H and O–H groups in total. The fourth-order valence-electron chi connectivity index (χ4n) is 4.68. The number of nitrogens with one attached hydrogen (secondary N) is 1. The molecule has 4 rings (SSSR count). The Balaban J connectivity index is 1.62. The number of ether oxygens (including phenoxy) is 2. The number of carbonyl (C=O) groups is 2. The molecule has 1 aromatic carbocycles. The molecule has 0 aliphatic carbocycles. The van der Waals surface area contributed by atoms with Crippen LogP contribution in [0.5, 0.6) is 11.5 Å². The van der Waals surface area contributed by atoms with Gasteiger partial charge in [0.15, 0.2) is 6.04 Å². The van der Waals surface area contributed by atoms with Crippen LogP contribution >= 0.6 is 0 Å². The number of rotatable bonds is 11. The Bertz CT molecular complexity index is 1220. The maximum Gasteiger partial charge on any atom is 0.303 e. The van der Waals surface area contributed by atoms with Gasteiger partial charge in [-0.05, 0) is 37.8 Å². The van der Waals surface area contributed by atoms with E-state index in [0.717, 1.165) is 31.2 Å². The number of nitrogens with zero attached hydrogens (tertiary/aromatic N) is 3. The van der Waals surface area contributed by atoms with Gasteiger partial charge < -0.3 is 29.3 Å². The third kappa shape index (κ3) is 7.02. The van der Waals surface area contributed by atoms with Gasteiger partial charge in [0.2, 0.25) is 0 Å². The molecule has 10 heteroatoms. The molecule has 0 radical (unpaired) electrons. The van der Waals surface area contributed by atoms with Crippen molar-refractivity contribution in [2.75, 3.05) is 25.6 Å². The zero-order valence-corrected chi connectivity index (χ0v) is 21.8. The fraction of sp³-hybridized carbons (Fsp3) is 0.429. The van der Waals surface area contributed by atoms with Crippen LogP contribution in [-0.4, -0.2) is 52.3 Å². The Morgan fingerprint density at radius 1 is 1.21 bits per heavy atom. The van der Waals surface area contributed by atoms with Crippen LogP contribution in [0.15, 0.2) is 53.3 Å². The van der Waals surface area contributed by atoms with Crippen molar-refractivity contribution >= 4 is 17.6 Å². The Kier molecular flexibility index (Phi) is 9.18. The van der Waals surface area contributed by atoms with Gasteiger partial charge in [0, 0.05) is 55.3 Å². The predicted octanol–water partition coefficient (Wildman–Crippen LogP) is 4.93. The molecule has 1 aliphatic heterocycles. The smallest absolute Gasteiger partial charge is 0.303 e. The van der Waals surface area contributed by atoms with Gasteiger partial charge in [-0.3, -0.25) is 14.6 Å².